The van der Waals surface area contributed by atoms with Crippen LogP contribution in [-0.2, 0) is 10.8 Å². The molecule has 0 atom stereocenters. The van der Waals surface area contributed by atoms with Gasteiger partial charge in [-0.1, -0.05) is 184 Å². The van der Waals surface area contributed by atoms with Gasteiger partial charge in [0.05, 0.1) is 11.1 Å². The predicted octanol–water partition coefficient (Wildman–Crippen LogP) is 15.7. The van der Waals surface area contributed by atoms with E-state index in [1.54, 1.807) is 0 Å². The van der Waals surface area contributed by atoms with E-state index in [0.29, 0.717) is 0 Å². The summed E-state index contributed by atoms with van der Waals surface area (Å²) < 4.78 is 6.56. The van der Waals surface area contributed by atoms with Crippen LogP contribution in [0.2, 0.25) is 0 Å². The second kappa shape index (κ2) is 13.3. The molecule has 2 aliphatic carbocycles. The molecule has 0 saturated heterocycles. The van der Waals surface area contributed by atoms with Crippen molar-refractivity contribution in [3.63, 3.8) is 0 Å². The second-order valence-electron chi connectivity index (χ2n) is 17.2. The van der Waals surface area contributed by atoms with Crippen molar-refractivity contribution in [2.75, 3.05) is 4.90 Å². The highest BCUT2D eigenvalue weighted by atomic mass is 16.3. The summed E-state index contributed by atoms with van der Waals surface area (Å²) in [4.78, 5) is 2.51. The molecule has 9 aromatic carbocycles. The predicted molar refractivity (Wildman–Crippen MR) is 253 cm³/mol. The molecule has 0 N–H and O–H groups in total. The summed E-state index contributed by atoms with van der Waals surface area (Å²) in [5, 5.41) is 2.28. The van der Waals surface area contributed by atoms with Crippen LogP contribution in [0.5, 0.6) is 0 Å². The van der Waals surface area contributed by atoms with Crippen LogP contribution in [0, 0.1) is 6.92 Å². The molecule has 290 valence electrons. The molecule has 2 heteroatoms. The molecule has 0 spiro atoms. The molecule has 0 bridgehead atoms. The van der Waals surface area contributed by atoms with Gasteiger partial charge in [0.25, 0.3) is 0 Å². The fourth-order valence-electron chi connectivity index (χ4n) is 11.0. The molecule has 0 amide bonds. The van der Waals surface area contributed by atoms with Gasteiger partial charge in [-0.15, -0.1) is 0 Å². The summed E-state index contributed by atoms with van der Waals surface area (Å²) in [5.74, 6) is 0. The zero-order chi connectivity index (χ0) is 40.9. The fourth-order valence-corrected chi connectivity index (χ4v) is 11.0. The molecule has 61 heavy (non-hydrogen) atoms. The number of nitrogens with zero attached hydrogens (tertiary/aromatic N) is 1. The van der Waals surface area contributed by atoms with E-state index in [4.69, 9.17) is 4.42 Å². The van der Waals surface area contributed by atoms with E-state index < -0.39 is 5.41 Å². The molecule has 0 fully saturated rings. The van der Waals surface area contributed by atoms with Crippen molar-refractivity contribution in [3.05, 3.63) is 245 Å². The average molecular weight is 782 g/mol. The number of furan rings is 1. The van der Waals surface area contributed by atoms with E-state index in [9.17, 15) is 0 Å². The first kappa shape index (κ1) is 35.5. The zero-order valence-electron chi connectivity index (χ0n) is 34.5. The molecule has 0 aliphatic heterocycles. The number of anilines is 3. The minimum atomic E-state index is -0.511. The molecular formula is C59H43NO. The van der Waals surface area contributed by atoms with Gasteiger partial charge in [0.2, 0.25) is 0 Å². The van der Waals surface area contributed by atoms with Gasteiger partial charge in [0.15, 0.2) is 0 Å². The number of fused-ring (bicyclic) bond motifs is 9. The topological polar surface area (TPSA) is 16.4 Å². The maximum absolute atomic E-state index is 6.56. The van der Waals surface area contributed by atoms with Gasteiger partial charge in [-0.05, 0) is 105 Å². The number of benzene rings is 9. The van der Waals surface area contributed by atoms with Gasteiger partial charge in [-0.25, -0.2) is 0 Å². The third-order valence-electron chi connectivity index (χ3n) is 13.7. The number of rotatable bonds is 6. The van der Waals surface area contributed by atoms with Crippen molar-refractivity contribution < 1.29 is 4.42 Å². The average Bonchev–Trinajstić information content (AvgIpc) is 3.92. The van der Waals surface area contributed by atoms with Crippen molar-refractivity contribution in [1.29, 1.82) is 0 Å². The first-order valence-corrected chi connectivity index (χ1v) is 21.3. The Hall–Kier alpha value is -7.42. The number of hydrogen-bond acceptors (Lipinski definition) is 2. The Morgan fingerprint density at radius 1 is 0.410 bits per heavy atom. The van der Waals surface area contributed by atoms with E-state index in [1.807, 2.05) is 6.07 Å². The quantitative estimate of drug-likeness (QED) is 0.167. The molecule has 0 saturated carbocycles. The standard InChI is InChI=1S/C59H43NO/c1-38-36-41(32-34-43(38)47-25-16-26-48-46-23-12-15-31-55(46)61-57(47)48)60(42-33-35-45-44-22-10-13-27-50(44)58(2,3)53(45)37-42)54-30-17-29-52-56(54)49-24-11-14-28-51(49)59(52,39-18-6-4-7-19-39)40-20-8-5-9-21-40/h4-37H,1-3H3. The van der Waals surface area contributed by atoms with Crippen molar-refractivity contribution in [2.24, 2.45) is 0 Å². The summed E-state index contributed by atoms with van der Waals surface area (Å²) in [6.07, 6.45) is 0. The molecule has 10 aromatic rings. The fraction of sp³-hybridized carbons (Fsp3) is 0.0847. The van der Waals surface area contributed by atoms with Crippen LogP contribution < -0.4 is 4.90 Å². The monoisotopic (exact) mass is 781 g/mol. The summed E-state index contributed by atoms with van der Waals surface area (Å²) >= 11 is 0. The summed E-state index contributed by atoms with van der Waals surface area (Å²) in [7, 11) is 0. The summed E-state index contributed by atoms with van der Waals surface area (Å²) in [5.41, 5.74) is 21.0. The molecule has 12 rings (SSSR count). The number of aryl methyl sites for hydroxylation is 1. The first-order chi connectivity index (χ1) is 29.9. The molecule has 0 unspecified atom stereocenters. The molecule has 2 aliphatic rings. The van der Waals surface area contributed by atoms with Crippen molar-refractivity contribution in [2.45, 2.75) is 31.6 Å². The number of para-hydroxylation sites is 2. The molecule has 2 nitrogen and oxygen atoms in total. The Morgan fingerprint density at radius 3 is 1.72 bits per heavy atom. The Kier molecular flexibility index (Phi) is 7.74. The molecule has 0 radical (unpaired) electrons. The van der Waals surface area contributed by atoms with Crippen LogP contribution in [0.1, 0.15) is 52.8 Å². The lowest BCUT2D eigenvalue weighted by Gasteiger charge is -2.34. The maximum atomic E-state index is 6.56. The smallest absolute Gasteiger partial charge is 0.143 e. The van der Waals surface area contributed by atoms with E-state index in [-0.39, 0.29) is 5.41 Å². The third-order valence-corrected chi connectivity index (χ3v) is 13.7. The van der Waals surface area contributed by atoms with Gasteiger partial charge >= 0.3 is 0 Å². The van der Waals surface area contributed by atoms with E-state index in [0.717, 1.165) is 50.1 Å². The van der Waals surface area contributed by atoms with E-state index in [2.05, 4.69) is 226 Å². The Labute approximate surface area is 357 Å². The lowest BCUT2D eigenvalue weighted by Crippen LogP contribution is -2.28. The minimum Gasteiger partial charge on any atom is -0.455 e. The Morgan fingerprint density at radius 2 is 0.967 bits per heavy atom. The second-order valence-corrected chi connectivity index (χ2v) is 17.2. The largest absolute Gasteiger partial charge is 0.455 e. The Balaban J connectivity index is 1.12. The van der Waals surface area contributed by atoms with Crippen LogP contribution >= 0.6 is 0 Å². The van der Waals surface area contributed by atoms with Crippen LogP contribution in [0.25, 0.3) is 55.3 Å². The lowest BCUT2D eigenvalue weighted by molar-refractivity contribution is 0.660. The van der Waals surface area contributed by atoms with Gasteiger partial charge in [0.1, 0.15) is 11.2 Å². The lowest BCUT2D eigenvalue weighted by atomic mass is 9.68. The SMILES string of the molecule is Cc1cc(N(c2ccc3c(c2)C(C)(C)c2ccccc2-3)c2cccc3c2-c2ccccc2C3(c2ccccc2)c2ccccc2)ccc1-c1cccc2c1oc1ccccc12. The third kappa shape index (κ3) is 5.03. The first-order valence-electron chi connectivity index (χ1n) is 21.3. The Bertz CT molecular complexity index is 3310. The maximum Gasteiger partial charge on any atom is 0.143 e. The minimum absolute atomic E-state index is 0.153. The highest BCUT2D eigenvalue weighted by molar-refractivity contribution is 6.10. The van der Waals surface area contributed by atoms with Crippen LogP contribution in [0.3, 0.4) is 0 Å². The summed E-state index contributed by atoms with van der Waals surface area (Å²) in [6.45, 7) is 6.98. The van der Waals surface area contributed by atoms with Crippen molar-refractivity contribution in [1.82, 2.24) is 0 Å². The van der Waals surface area contributed by atoms with Crippen molar-refractivity contribution in [3.8, 4) is 33.4 Å². The molecule has 1 aromatic heterocycles. The van der Waals surface area contributed by atoms with Gasteiger partial charge in [-0.2, -0.15) is 0 Å². The molecular weight excluding hydrogens is 739 g/mol. The highest BCUT2D eigenvalue weighted by Gasteiger charge is 2.47. The van der Waals surface area contributed by atoms with E-state index >= 15 is 0 Å². The zero-order valence-corrected chi connectivity index (χ0v) is 34.5. The normalized spacial score (nSPS) is 14.1. The van der Waals surface area contributed by atoms with Gasteiger partial charge in [-0.3, -0.25) is 0 Å². The number of hydrogen-bond donors (Lipinski definition) is 0. The van der Waals surface area contributed by atoms with Crippen LogP contribution in [-0.4, -0.2) is 0 Å². The van der Waals surface area contributed by atoms with Gasteiger partial charge in [0, 0.05) is 38.7 Å². The molecule has 1 heterocycles. The van der Waals surface area contributed by atoms with Crippen LogP contribution in [0.15, 0.2) is 211 Å². The van der Waals surface area contributed by atoms with Crippen LogP contribution in [0.4, 0.5) is 17.1 Å². The van der Waals surface area contributed by atoms with Gasteiger partial charge < -0.3 is 9.32 Å². The van der Waals surface area contributed by atoms with Crippen molar-refractivity contribution >= 4 is 39.0 Å². The highest BCUT2D eigenvalue weighted by Crippen LogP contribution is 2.60. The van der Waals surface area contributed by atoms with E-state index in [1.165, 1.54) is 61.2 Å². The summed E-state index contributed by atoms with van der Waals surface area (Å²) in [6, 6.07) is 76.0.